The number of benzene rings is 1. The van der Waals surface area contributed by atoms with E-state index in [2.05, 4.69) is 9.43 Å². The standard InChI is InChI=1S/C11H13N3O4S/c1-8(11(2)7-17-11)18-9-3-5-10(6-4-9)19(15,16)14-13-12/h3-6,8H,7H2,1-2H3. The molecule has 2 atom stereocenters. The molecule has 1 fully saturated rings. The van der Waals surface area contributed by atoms with Crippen LogP contribution in [-0.4, -0.2) is 26.7 Å². The van der Waals surface area contributed by atoms with Crippen LogP contribution in [0.25, 0.3) is 10.4 Å². The van der Waals surface area contributed by atoms with Crippen LogP contribution in [-0.2, 0) is 14.8 Å². The van der Waals surface area contributed by atoms with E-state index in [1.807, 2.05) is 13.8 Å². The first-order valence-electron chi connectivity index (χ1n) is 5.59. The highest BCUT2D eigenvalue weighted by atomic mass is 32.2. The normalized spacial score (nSPS) is 23.3. The van der Waals surface area contributed by atoms with Crippen molar-refractivity contribution >= 4 is 10.0 Å². The summed E-state index contributed by atoms with van der Waals surface area (Å²) in [5.41, 5.74) is 7.91. The minimum Gasteiger partial charge on any atom is -0.488 e. The van der Waals surface area contributed by atoms with E-state index in [9.17, 15) is 8.42 Å². The van der Waals surface area contributed by atoms with Gasteiger partial charge in [0.2, 0.25) is 0 Å². The summed E-state index contributed by atoms with van der Waals surface area (Å²) in [6.45, 7) is 4.48. The van der Waals surface area contributed by atoms with Gasteiger partial charge in [0.15, 0.2) is 0 Å². The summed E-state index contributed by atoms with van der Waals surface area (Å²) in [5, 5.41) is 0. The fourth-order valence-corrected chi connectivity index (χ4v) is 2.13. The van der Waals surface area contributed by atoms with Gasteiger partial charge in [-0.3, -0.25) is 0 Å². The predicted molar refractivity (Wildman–Crippen MR) is 67.2 cm³/mol. The van der Waals surface area contributed by atoms with Gasteiger partial charge < -0.3 is 9.47 Å². The van der Waals surface area contributed by atoms with Crippen LogP contribution in [0, 0.1) is 0 Å². The van der Waals surface area contributed by atoms with Crippen LogP contribution in [0.5, 0.6) is 5.75 Å². The summed E-state index contributed by atoms with van der Waals surface area (Å²) in [6, 6.07) is 5.70. The molecule has 0 spiro atoms. The number of sulfonamides is 1. The molecule has 2 unspecified atom stereocenters. The maximum absolute atomic E-state index is 11.5. The molecule has 0 bridgehead atoms. The summed E-state index contributed by atoms with van der Waals surface area (Å²) in [5.74, 6) is 0.532. The lowest BCUT2D eigenvalue weighted by Gasteiger charge is -2.18. The molecule has 0 radical (unpaired) electrons. The van der Waals surface area contributed by atoms with Gasteiger partial charge in [-0.05, 0) is 43.6 Å². The Hall–Kier alpha value is -1.76. The summed E-state index contributed by atoms with van der Waals surface area (Å²) in [7, 11) is -3.94. The molecule has 1 heterocycles. The number of rotatable bonds is 5. The molecule has 0 N–H and O–H groups in total. The Labute approximate surface area is 110 Å². The van der Waals surface area contributed by atoms with Crippen LogP contribution >= 0.6 is 0 Å². The van der Waals surface area contributed by atoms with Crippen LogP contribution < -0.4 is 4.74 Å². The minimum absolute atomic E-state index is 0.0702. The van der Waals surface area contributed by atoms with E-state index in [0.29, 0.717) is 12.4 Å². The molecule has 102 valence electrons. The van der Waals surface area contributed by atoms with Crippen molar-refractivity contribution in [2.75, 3.05) is 6.61 Å². The molecular weight excluding hydrogens is 270 g/mol. The van der Waals surface area contributed by atoms with Gasteiger partial charge in [-0.1, -0.05) is 0 Å². The summed E-state index contributed by atoms with van der Waals surface area (Å²) >= 11 is 0. The monoisotopic (exact) mass is 283 g/mol. The molecule has 1 aliphatic heterocycles. The molecule has 1 aromatic carbocycles. The number of hydrogen-bond donors (Lipinski definition) is 0. The largest absolute Gasteiger partial charge is 0.488 e. The van der Waals surface area contributed by atoms with Crippen molar-refractivity contribution in [2.24, 2.45) is 4.52 Å². The molecule has 8 heteroatoms. The maximum atomic E-state index is 11.5. The smallest absolute Gasteiger partial charge is 0.264 e. The molecule has 0 aromatic heterocycles. The van der Waals surface area contributed by atoms with E-state index in [-0.39, 0.29) is 16.6 Å². The molecule has 0 aliphatic carbocycles. The molecule has 7 nitrogen and oxygen atoms in total. The first kappa shape index (κ1) is 13.7. The van der Waals surface area contributed by atoms with E-state index >= 15 is 0 Å². The first-order chi connectivity index (χ1) is 8.87. The van der Waals surface area contributed by atoms with Crippen molar-refractivity contribution < 1.29 is 17.9 Å². The molecule has 2 rings (SSSR count). The molecule has 1 aromatic rings. The lowest BCUT2D eigenvalue weighted by atomic mass is 10.1. The van der Waals surface area contributed by atoms with Gasteiger partial charge >= 0.3 is 0 Å². The Kier molecular flexibility index (Phi) is 3.40. The number of azide groups is 1. The number of ether oxygens (including phenoxy) is 2. The van der Waals surface area contributed by atoms with Gasteiger partial charge in [0, 0.05) is 9.43 Å². The van der Waals surface area contributed by atoms with Gasteiger partial charge in [0.05, 0.1) is 11.5 Å². The molecule has 0 saturated carbocycles. The van der Waals surface area contributed by atoms with Crippen molar-refractivity contribution in [3.8, 4) is 5.75 Å². The van der Waals surface area contributed by atoms with Crippen molar-refractivity contribution in [1.82, 2.24) is 0 Å². The fourth-order valence-electron chi connectivity index (χ4n) is 1.46. The highest BCUT2D eigenvalue weighted by Crippen LogP contribution is 2.32. The van der Waals surface area contributed by atoms with Crippen LogP contribution in [0.2, 0.25) is 0 Å². The zero-order valence-corrected chi connectivity index (χ0v) is 11.3. The average molecular weight is 283 g/mol. The van der Waals surface area contributed by atoms with Crippen LogP contribution in [0.1, 0.15) is 13.8 Å². The van der Waals surface area contributed by atoms with E-state index in [1.54, 1.807) is 0 Å². The number of nitrogens with zero attached hydrogens (tertiary/aromatic N) is 3. The van der Waals surface area contributed by atoms with Crippen LogP contribution in [0.4, 0.5) is 0 Å². The zero-order chi connectivity index (χ0) is 14.1. The Bertz CT molecular complexity index is 616. The highest BCUT2D eigenvalue weighted by molar-refractivity contribution is 7.90. The van der Waals surface area contributed by atoms with E-state index in [0.717, 1.165) is 0 Å². The van der Waals surface area contributed by atoms with E-state index < -0.39 is 10.0 Å². The lowest BCUT2D eigenvalue weighted by Crippen LogP contribution is -2.29. The van der Waals surface area contributed by atoms with Crippen LogP contribution in [0.15, 0.2) is 33.7 Å². The Balaban J connectivity index is 2.13. The Morgan fingerprint density at radius 1 is 1.47 bits per heavy atom. The minimum atomic E-state index is -3.94. The fraction of sp³-hybridized carbons (Fsp3) is 0.455. The number of hydrogen-bond acceptors (Lipinski definition) is 4. The van der Waals surface area contributed by atoms with Gasteiger partial charge in [-0.25, -0.2) is 8.42 Å². The Morgan fingerprint density at radius 2 is 2.05 bits per heavy atom. The molecule has 19 heavy (non-hydrogen) atoms. The second kappa shape index (κ2) is 4.73. The third kappa shape index (κ3) is 2.98. The van der Waals surface area contributed by atoms with Gasteiger partial charge in [0.1, 0.15) is 17.5 Å². The molecule has 0 amide bonds. The van der Waals surface area contributed by atoms with E-state index in [1.165, 1.54) is 24.3 Å². The quantitative estimate of drug-likeness (QED) is 0.357. The molecule has 1 aliphatic rings. The third-order valence-corrected chi connectivity index (χ3v) is 4.19. The predicted octanol–water partition coefficient (Wildman–Crippen LogP) is 2.24. The molecule has 1 saturated heterocycles. The van der Waals surface area contributed by atoms with Crippen molar-refractivity contribution in [3.63, 3.8) is 0 Å². The van der Waals surface area contributed by atoms with Crippen LogP contribution in [0.3, 0.4) is 0 Å². The van der Waals surface area contributed by atoms with Crippen molar-refractivity contribution in [3.05, 3.63) is 34.7 Å². The SMILES string of the molecule is CC(Oc1ccc(S(=O)(=O)N=[N+]=[N-])cc1)C1(C)CO1. The van der Waals surface area contributed by atoms with Gasteiger partial charge in [-0.2, -0.15) is 0 Å². The summed E-state index contributed by atoms with van der Waals surface area (Å²) in [6.07, 6.45) is -0.132. The zero-order valence-electron chi connectivity index (χ0n) is 10.5. The third-order valence-electron chi connectivity index (χ3n) is 3.04. The lowest BCUT2D eigenvalue weighted by molar-refractivity contribution is 0.122. The highest BCUT2D eigenvalue weighted by Gasteiger charge is 2.46. The van der Waals surface area contributed by atoms with Crippen molar-refractivity contribution in [2.45, 2.75) is 30.4 Å². The molecular formula is C11H13N3O4S. The van der Waals surface area contributed by atoms with Gasteiger partial charge in [-0.15, -0.1) is 0 Å². The average Bonchev–Trinajstić information content (AvgIpc) is 3.09. The second-order valence-electron chi connectivity index (χ2n) is 4.48. The topological polar surface area (TPSA) is 105 Å². The maximum Gasteiger partial charge on any atom is 0.264 e. The van der Waals surface area contributed by atoms with E-state index in [4.69, 9.17) is 15.0 Å². The first-order valence-corrected chi connectivity index (χ1v) is 7.03. The Morgan fingerprint density at radius 3 is 2.53 bits per heavy atom. The number of epoxide rings is 1. The van der Waals surface area contributed by atoms with Crippen molar-refractivity contribution in [1.29, 1.82) is 0 Å². The second-order valence-corrected chi connectivity index (χ2v) is 6.06. The van der Waals surface area contributed by atoms with Gasteiger partial charge in [0.25, 0.3) is 10.0 Å². The summed E-state index contributed by atoms with van der Waals surface area (Å²) < 4.78 is 36.6. The summed E-state index contributed by atoms with van der Waals surface area (Å²) in [4.78, 5) is 2.21.